The van der Waals surface area contributed by atoms with Gasteiger partial charge in [0, 0.05) is 19.5 Å². The zero-order valence-electron chi connectivity index (χ0n) is 8.81. The van der Waals surface area contributed by atoms with Gasteiger partial charge in [0.15, 0.2) is 0 Å². The first kappa shape index (κ1) is 12.3. The molecular formula is C9H15N3O4. The van der Waals surface area contributed by atoms with Crippen LogP contribution >= 0.6 is 0 Å². The van der Waals surface area contributed by atoms with Crippen LogP contribution in [0.25, 0.3) is 0 Å². The minimum Gasteiger partial charge on any atom is -0.481 e. The molecule has 90 valence electrons. The van der Waals surface area contributed by atoms with Crippen molar-refractivity contribution in [3.05, 3.63) is 0 Å². The lowest BCUT2D eigenvalue weighted by molar-refractivity contribution is -0.138. The Hall–Kier alpha value is -1.79. The van der Waals surface area contributed by atoms with Crippen molar-refractivity contribution < 1.29 is 19.5 Å². The van der Waals surface area contributed by atoms with Crippen molar-refractivity contribution in [3.8, 4) is 0 Å². The zero-order valence-corrected chi connectivity index (χ0v) is 8.81. The van der Waals surface area contributed by atoms with Gasteiger partial charge in [-0.05, 0) is 12.3 Å². The number of primary amides is 1. The Morgan fingerprint density at radius 3 is 2.69 bits per heavy atom. The summed E-state index contributed by atoms with van der Waals surface area (Å²) in [6, 6.07) is -0.369. The van der Waals surface area contributed by atoms with Crippen molar-refractivity contribution >= 4 is 17.9 Å². The van der Waals surface area contributed by atoms with Crippen LogP contribution in [0.3, 0.4) is 0 Å². The number of nitrogens with zero attached hydrogens (tertiary/aromatic N) is 1. The summed E-state index contributed by atoms with van der Waals surface area (Å²) >= 11 is 0. The number of rotatable bonds is 4. The number of carboxylic acids is 1. The van der Waals surface area contributed by atoms with Gasteiger partial charge in [0.25, 0.3) is 0 Å². The maximum Gasteiger partial charge on any atom is 0.317 e. The molecule has 0 radical (unpaired) electrons. The van der Waals surface area contributed by atoms with Gasteiger partial charge in [-0.25, -0.2) is 4.79 Å². The second kappa shape index (κ2) is 5.34. The summed E-state index contributed by atoms with van der Waals surface area (Å²) in [6.45, 7) is 0.734. The van der Waals surface area contributed by atoms with E-state index in [0.29, 0.717) is 19.5 Å². The van der Waals surface area contributed by atoms with Crippen LogP contribution < -0.4 is 11.1 Å². The average Bonchev–Trinajstić information content (AvgIpc) is 2.61. The molecule has 0 aromatic carbocycles. The molecule has 16 heavy (non-hydrogen) atoms. The number of hydrogen-bond donors (Lipinski definition) is 3. The number of nitrogens with one attached hydrogen (secondary N) is 1. The Labute approximate surface area is 92.6 Å². The summed E-state index contributed by atoms with van der Waals surface area (Å²) in [7, 11) is 0. The van der Waals surface area contributed by atoms with E-state index in [4.69, 9.17) is 10.8 Å². The number of nitrogens with two attached hydrogens (primary N) is 1. The van der Waals surface area contributed by atoms with Crippen molar-refractivity contribution in [1.29, 1.82) is 0 Å². The first-order valence-corrected chi connectivity index (χ1v) is 5.02. The van der Waals surface area contributed by atoms with E-state index < -0.39 is 11.9 Å². The van der Waals surface area contributed by atoms with E-state index in [0.717, 1.165) is 0 Å². The highest BCUT2D eigenvalue weighted by Crippen LogP contribution is 2.19. The maximum absolute atomic E-state index is 11.4. The van der Waals surface area contributed by atoms with Gasteiger partial charge in [-0.15, -0.1) is 0 Å². The van der Waals surface area contributed by atoms with Crippen molar-refractivity contribution in [3.63, 3.8) is 0 Å². The van der Waals surface area contributed by atoms with Crippen molar-refractivity contribution in [2.24, 2.45) is 11.7 Å². The number of urea groups is 1. The second-order valence-electron chi connectivity index (χ2n) is 3.82. The highest BCUT2D eigenvalue weighted by Gasteiger charge is 2.27. The molecule has 1 aliphatic rings. The topological polar surface area (TPSA) is 113 Å². The summed E-state index contributed by atoms with van der Waals surface area (Å²) in [6.07, 6.45) is 0.746. The molecule has 4 N–H and O–H groups in total. The lowest BCUT2D eigenvalue weighted by Crippen LogP contribution is -2.42. The van der Waals surface area contributed by atoms with E-state index in [1.54, 1.807) is 0 Å². The third-order valence-electron chi connectivity index (χ3n) is 2.45. The van der Waals surface area contributed by atoms with Crippen LogP contribution in [-0.2, 0) is 9.59 Å². The van der Waals surface area contributed by atoms with Gasteiger partial charge in [-0.3, -0.25) is 9.59 Å². The number of carbonyl (C=O) groups excluding carboxylic acids is 2. The minimum atomic E-state index is -0.857. The first-order valence-electron chi connectivity index (χ1n) is 5.02. The highest BCUT2D eigenvalue weighted by molar-refractivity contribution is 5.83. The lowest BCUT2D eigenvalue weighted by atomic mass is 10.1. The summed E-state index contributed by atoms with van der Waals surface area (Å²) in [4.78, 5) is 33.8. The first-order chi connectivity index (χ1) is 7.49. The fourth-order valence-electron chi connectivity index (χ4n) is 1.71. The fraction of sp³-hybridized carbons (Fsp3) is 0.667. The second-order valence-corrected chi connectivity index (χ2v) is 3.82. The molecule has 0 aliphatic carbocycles. The quantitative estimate of drug-likeness (QED) is 0.572. The van der Waals surface area contributed by atoms with Crippen LogP contribution in [0.4, 0.5) is 4.79 Å². The molecule has 0 aromatic rings. The molecule has 1 unspecified atom stereocenters. The number of carboxylic acid groups (broad SMARTS) is 1. The lowest BCUT2D eigenvalue weighted by Gasteiger charge is -2.16. The third kappa shape index (κ3) is 3.76. The largest absolute Gasteiger partial charge is 0.481 e. The van der Waals surface area contributed by atoms with Gasteiger partial charge in [-0.2, -0.15) is 0 Å². The fourth-order valence-corrected chi connectivity index (χ4v) is 1.71. The van der Waals surface area contributed by atoms with Gasteiger partial charge in [0.05, 0.1) is 6.54 Å². The van der Waals surface area contributed by atoms with Crippen molar-refractivity contribution in [1.82, 2.24) is 10.2 Å². The SMILES string of the molecule is NC(=O)CNC(=O)N1CCC(CC(=O)O)C1. The maximum atomic E-state index is 11.4. The van der Waals surface area contributed by atoms with Gasteiger partial charge in [-0.1, -0.05) is 0 Å². The Kier molecular flexibility index (Phi) is 4.10. The van der Waals surface area contributed by atoms with E-state index in [9.17, 15) is 14.4 Å². The summed E-state index contributed by atoms with van der Waals surface area (Å²) in [5, 5.41) is 11.0. The van der Waals surface area contributed by atoms with Crippen LogP contribution in [0.1, 0.15) is 12.8 Å². The van der Waals surface area contributed by atoms with E-state index >= 15 is 0 Å². The molecule has 1 rings (SSSR count). The molecule has 1 heterocycles. The molecule has 0 saturated carbocycles. The van der Waals surface area contributed by atoms with Gasteiger partial charge in [0.1, 0.15) is 0 Å². The predicted molar refractivity (Wildman–Crippen MR) is 54.5 cm³/mol. The Bertz CT molecular complexity index is 305. The van der Waals surface area contributed by atoms with Crippen molar-refractivity contribution in [2.45, 2.75) is 12.8 Å². The third-order valence-corrected chi connectivity index (χ3v) is 2.45. The normalized spacial score (nSPS) is 19.5. The standard InChI is InChI=1S/C9H15N3O4/c10-7(13)4-11-9(16)12-2-1-6(5-12)3-8(14)15/h6H,1-5H2,(H2,10,13)(H,11,16)(H,14,15). The summed E-state index contributed by atoms with van der Waals surface area (Å²) in [5.41, 5.74) is 4.88. The summed E-state index contributed by atoms with van der Waals surface area (Å²) < 4.78 is 0. The highest BCUT2D eigenvalue weighted by atomic mass is 16.4. The number of aliphatic carboxylic acids is 1. The molecule has 0 spiro atoms. The molecule has 0 bridgehead atoms. The van der Waals surface area contributed by atoms with Gasteiger partial charge >= 0.3 is 12.0 Å². The number of amides is 3. The van der Waals surface area contributed by atoms with Gasteiger partial charge < -0.3 is 21.1 Å². The average molecular weight is 229 g/mol. The Morgan fingerprint density at radius 1 is 1.44 bits per heavy atom. The molecule has 3 amide bonds. The molecule has 7 heteroatoms. The van der Waals surface area contributed by atoms with Gasteiger partial charge in [0.2, 0.25) is 5.91 Å². The Morgan fingerprint density at radius 2 is 2.12 bits per heavy atom. The van der Waals surface area contributed by atoms with E-state index in [1.807, 2.05) is 0 Å². The Balaban J connectivity index is 2.32. The number of likely N-dealkylation sites (tertiary alicyclic amines) is 1. The minimum absolute atomic E-state index is 0.00294. The molecular weight excluding hydrogens is 214 g/mol. The zero-order chi connectivity index (χ0) is 12.1. The monoisotopic (exact) mass is 229 g/mol. The number of hydrogen-bond acceptors (Lipinski definition) is 3. The number of carbonyl (C=O) groups is 3. The van der Waals surface area contributed by atoms with E-state index in [1.165, 1.54) is 4.90 Å². The van der Waals surface area contributed by atoms with Crippen LogP contribution in [0, 0.1) is 5.92 Å². The molecule has 1 aliphatic heterocycles. The van der Waals surface area contributed by atoms with Crippen LogP contribution in [0.2, 0.25) is 0 Å². The van der Waals surface area contributed by atoms with Crippen LogP contribution in [0.5, 0.6) is 0 Å². The van der Waals surface area contributed by atoms with Crippen molar-refractivity contribution in [2.75, 3.05) is 19.6 Å². The molecule has 1 atom stereocenters. The van der Waals surface area contributed by atoms with E-state index in [-0.39, 0.29) is 24.9 Å². The predicted octanol–water partition coefficient (Wildman–Crippen LogP) is -1.02. The molecule has 7 nitrogen and oxygen atoms in total. The van der Waals surface area contributed by atoms with E-state index in [2.05, 4.69) is 5.32 Å². The van der Waals surface area contributed by atoms with Crippen LogP contribution in [0.15, 0.2) is 0 Å². The van der Waals surface area contributed by atoms with Crippen LogP contribution in [-0.4, -0.2) is 47.5 Å². The summed E-state index contributed by atoms with van der Waals surface area (Å²) in [5.74, 6) is -1.46. The molecule has 1 fully saturated rings. The molecule has 0 aromatic heterocycles. The molecule has 1 saturated heterocycles. The smallest absolute Gasteiger partial charge is 0.317 e.